The molecule has 1 N–H and O–H groups in total. The molecule has 90 valence electrons. The van der Waals surface area contributed by atoms with Gasteiger partial charge in [-0.05, 0) is 31.1 Å². The standard InChI is InChI=1S/C13H23N3/c1-4-12-7-8-13(15-11-12)14-9-10-16(5-2)6-3/h7-8,11H,4-6,9-10H2,1-3H3,(H,14,15). The monoisotopic (exact) mass is 221 g/mol. The Hall–Kier alpha value is -1.09. The van der Waals surface area contributed by atoms with Gasteiger partial charge in [-0.15, -0.1) is 0 Å². The SMILES string of the molecule is CCc1ccc(NCCN(CC)CC)nc1. The van der Waals surface area contributed by atoms with Crippen molar-refractivity contribution in [1.29, 1.82) is 0 Å². The first-order chi connectivity index (χ1) is 7.80. The van der Waals surface area contributed by atoms with Crippen LogP contribution in [0, 0.1) is 0 Å². The number of hydrogen-bond acceptors (Lipinski definition) is 3. The largest absolute Gasteiger partial charge is 0.369 e. The summed E-state index contributed by atoms with van der Waals surface area (Å²) in [6.07, 6.45) is 2.99. The molecule has 16 heavy (non-hydrogen) atoms. The third-order valence-corrected chi connectivity index (χ3v) is 2.86. The molecule has 0 radical (unpaired) electrons. The molecule has 0 amide bonds. The van der Waals surface area contributed by atoms with E-state index in [0.717, 1.165) is 38.4 Å². The van der Waals surface area contributed by atoms with Gasteiger partial charge in [0.1, 0.15) is 5.82 Å². The van der Waals surface area contributed by atoms with Crippen molar-refractivity contribution >= 4 is 5.82 Å². The number of rotatable bonds is 7. The van der Waals surface area contributed by atoms with Gasteiger partial charge in [-0.25, -0.2) is 4.98 Å². The summed E-state index contributed by atoms with van der Waals surface area (Å²) in [5, 5.41) is 3.34. The number of aromatic nitrogens is 1. The number of pyridine rings is 1. The van der Waals surface area contributed by atoms with Gasteiger partial charge in [0.05, 0.1) is 0 Å². The van der Waals surface area contributed by atoms with Gasteiger partial charge in [-0.2, -0.15) is 0 Å². The second kappa shape index (κ2) is 7.23. The summed E-state index contributed by atoms with van der Waals surface area (Å²) in [7, 11) is 0. The Balaban J connectivity index is 2.31. The summed E-state index contributed by atoms with van der Waals surface area (Å²) in [6.45, 7) is 10.8. The fraction of sp³-hybridized carbons (Fsp3) is 0.615. The van der Waals surface area contributed by atoms with Gasteiger partial charge in [0.25, 0.3) is 0 Å². The summed E-state index contributed by atoms with van der Waals surface area (Å²) in [5.74, 6) is 0.976. The summed E-state index contributed by atoms with van der Waals surface area (Å²) in [4.78, 5) is 6.76. The summed E-state index contributed by atoms with van der Waals surface area (Å²) in [6, 6.07) is 4.19. The average molecular weight is 221 g/mol. The molecule has 3 nitrogen and oxygen atoms in total. The van der Waals surface area contributed by atoms with Gasteiger partial charge < -0.3 is 10.2 Å². The molecule has 0 aliphatic carbocycles. The fourth-order valence-electron chi connectivity index (χ4n) is 1.62. The third kappa shape index (κ3) is 4.19. The minimum absolute atomic E-state index is 0.958. The van der Waals surface area contributed by atoms with E-state index in [1.165, 1.54) is 5.56 Å². The normalized spacial score (nSPS) is 10.8. The first-order valence-corrected chi connectivity index (χ1v) is 6.21. The molecule has 0 saturated carbocycles. The van der Waals surface area contributed by atoms with Crippen LogP contribution in [0.1, 0.15) is 26.3 Å². The molecule has 0 saturated heterocycles. The molecule has 1 aromatic heterocycles. The highest BCUT2D eigenvalue weighted by Crippen LogP contribution is 2.04. The Morgan fingerprint density at radius 2 is 1.94 bits per heavy atom. The van der Waals surface area contributed by atoms with Crippen molar-refractivity contribution in [3.63, 3.8) is 0 Å². The minimum atomic E-state index is 0.958. The van der Waals surface area contributed by atoms with Crippen LogP contribution in [-0.4, -0.2) is 36.1 Å². The smallest absolute Gasteiger partial charge is 0.125 e. The van der Waals surface area contributed by atoms with Crippen LogP contribution < -0.4 is 5.32 Å². The van der Waals surface area contributed by atoms with Crippen LogP contribution in [0.4, 0.5) is 5.82 Å². The van der Waals surface area contributed by atoms with E-state index in [-0.39, 0.29) is 0 Å². The first-order valence-electron chi connectivity index (χ1n) is 6.21. The summed E-state index contributed by atoms with van der Waals surface area (Å²) in [5.41, 5.74) is 1.29. The second-order valence-corrected chi connectivity index (χ2v) is 3.86. The van der Waals surface area contributed by atoms with Crippen LogP contribution in [0.15, 0.2) is 18.3 Å². The lowest BCUT2D eigenvalue weighted by Gasteiger charge is -2.18. The number of aryl methyl sites for hydroxylation is 1. The maximum Gasteiger partial charge on any atom is 0.125 e. The van der Waals surface area contributed by atoms with Crippen LogP contribution in [-0.2, 0) is 6.42 Å². The van der Waals surface area contributed by atoms with Gasteiger partial charge in [0.2, 0.25) is 0 Å². The van der Waals surface area contributed by atoms with Crippen molar-refractivity contribution in [2.75, 3.05) is 31.5 Å². The van der Waals surface area contributed by atoms with Crippen LogP contribution in [0.5, 0.6) is 0 Å². The average Bonchev–Trinajstić information content (AvgIpc) is 2.35. The van der Waals surface area contributed by atoms with E-state index in [2.05, 4.69) is 48.1 Å². The molecule has 0 aromatic carbocycles. The van der Waals surface area contributed by atoms with E-state index < -0.39 is 0 Å². The molecule has 3 heteroatoms. The molecule has 1 heterocycles. The fourth-order valence-corrected chi connectivity index (χ4v) is 1.62. The van der Waals surface area contributed by atoms with Crippen LogP contribution in [0.2, 0.25) is 0 Å². The van der Waals surface area contributed by atoms with E-state index in [1.54, 1.807) is 0 Å². The molecule has 0 spiro atoms. The Morgan fingerprint density at radius 1 is 1.19 bits per heavy atom. The molecule has 0 unspecified atom stereocenters. The van der Waals surface area contributed by atoms with Gasteiger partial charge in [-0.3, -0.25) is 0 Å². The molecule has 0 aliphatic heterocycles. The Bertz CT molecular complexity index is 278. The zero-order valence-electron chi connectivity index (χ0n) is 10.7. The Labute approximate surface area is 98.9 Å². The zero-order valence-corrected chi connectivity index (χ0v) is 10.7. The predicted octanol–water partition coefficient (Wildman–Crippen LogP) is 2.40. The van der Waals surface area contributed by atoms with Crippen molar-refractivity contribution in [2.24, 2.45) is 0 Å². The predicted molar refractivity (Wildman–Crippen MR) is 69.9 cm³/mol. The van der Waals surface area contributed by atoms with E-state index in [4.69, 9.17) is 0 Å². The third-order valence-electron chi connectivity index (χ3n) is 2.86. The summed E-state index contributed by atoms with van der Waals surface area (Å²) >= 11 is 0. The Kier molecular flexibility index (Phi) is 5.86. The number of anilines is 1. The first kappa shape index (κ1) is 13.0. The van der Waals surface area contributed by atoms with Gasteiger partial charge in [0.15, 0.2) is 0 Å². The van der Waals surface area contributed by atoms with E-state index in [0.29, 0.717) is 0 Å². The number of nitrogens with zero attached hydrogens (tertiary/aromatic N) is 2. The number of hydrogen-bond donors (Lipinski definition) is 1. The van der Waals surface area contributed by atoms with Crippen LogP contribution in [0.25, 0.3) is 0 Å². The lowest BCUT2D eigenvalue weighted by molar-refractivity contribution is 0.316. The highest BCUT2D eigenvalue weighted by molar-refractivity contribution is 5.35. The van der Waals surface area contributed by atoms with E-state index >= 15 is 0 Å². The van der Waals surface area contributed by atoms with Crippen molar-refractivity contribution in [1.82, 2.24) is 9.88 Å². The van der Waals surface area contributed by atoms with Crippen molar-refractivity contribution < 1.29 is 0 Å². The summed E-state index contributed by atoms with van der Waals surface area (Å²) < 4.78 is 0. The highest BCUT2D eigenvalue weighted by Gasteiger charge is 1.98. The molecule has 0 fully saturated rings. The maximum absolute atomic E-state index is 4.37. The molecule has 0 bridgehead atoms. The van der Waals surface area contributed by atoms with Crippen molar-refractivity contribution in [2.45, 2.75) is 27.2 Å². The highest BCUT2D eigenvalue weighted by atomic mass is 15.1. The molecule has 1 rings (SSSR count). The van der Waals surface area contributed by atoms with Crippen molar-refractivity contribution in [3.05, 3.63) is 23.9 Å². The van der Waals surface area contributed by atoms with E-state index in [9.17, 15) is 0 Å². The van der Waals surface area contributed by atoms with Crippen molar-refractivity contribution in [3.8, 4) is 0 Å². The molecule has 0 aliphatic rings. The quantitative estimate of drug-likeness (QED) is 0.766. The minimum Gasteiger partial charge on any atom is -0.369 e. The van der Waals surface area contributed by atoms with Gasteiger partial charge in [-0.1, -0.05) is 26.8 Å². The molecule has 1 aromatic rings. The zero-order chi connectivity index (χ0) is 11.8. The maximum atomic E-state index is 4.37. The molecule has 0 atom stereocenters. The molecular weight excluding hydrogens is 198 g/mol. The van der Waals surface area contributed by atoms with Gasteiger partial charge >= 0.3 is 0 Å². The molecular formula is C13H23N3. The van der Waals surface area contributed by atoms with E-state index in [1.807, 2.05) is 6.20 Å². The van der Waals surface area contributed by atoms with Crippen LogP contribution >= 0.6 is 0 Å². The van der Waals surface area contributed by atoms with Gasteiger partial charge in [0, 0.05) is 19.3 Å². The van der Waals surface area contributed by atoms with Crippen LogP contribution in [0.3, 0.4) is 0 Å². The Morgan fingerprint density at radius 3 is 2.44 bits per heavy atom. The lowest BCUT2D eigenvalue weighted by Crippen LogP contribution is -2.28. The number of nitrogens with one attached hydrogen (secondary N) is 1. The second-order valence-electron chi connectivity index (χ2n) is 3.86. The number of likely N-dealkylation sites (N-methyl/N-ethyl adjacent to an activating group) is 1. The topological polar surface area (TPSA) is 28.2 Å². The lowest BCUT2D eigenvalue weighted by atomic mass is 10.2.